The van der Waals surface area contributed by atoms with Gasteiger partial charge in [0.05, 0.1) is 77.9 Å². The number of esters is 2. The van der Waals surface area contributed by atoms with Gasteiger partial charge in [-0.1, -0.05) is 0 Å². The number of carbonyl (C=O) groups is 4. The van der Waals surface area contributed by atoms with Crippen LogP contribution in [0.1, 0.15) is 93.9 Å². The Kier molecular flexibility index (Phi) is 24.9. The second-order valence-electron chi connectivity index (χ2n) is 13.2. The molecule has 12 heteroatoms. The van der Waals surface area contributed by atoms with Crippen LogP contribution in [0.15, 0.2) is 0 Å². The molecule has 12 nitrogen and oxygen atoms in total. The van der Waals surface area contributed by atoms with Crippen LogP contribution in [0.2, 0.25) is 0 Å². The van der Waals surface area contributed by atoms with Gasteiger partial charge in [-0.25, -0.2) is 0 Å². The van der Waals surface area contributed by atoms with E-state index in [2.05, 4.69) is 0 Å². The molecule has 0 saturated heterocycles. The van der Waals surface area contributed by atoms with Crippen LogP contribution in [0, 0.1) is 11.8 Å². The molecule has 0 radical (unpaired) electrons. The first kappa shape index (κ1) is 44.0. The number of rotatable bonds is 29. The minimum atomic E-state index is -0.580. The Balaban J connectivity index is 3.60. The van der Waals surface area contributed by atoms with Crippen molar-refractivity contribution in [2.45, 2.75) is 105 Å². The average Bonchev–Trinajstić information content (AvgIpc) is 2.92. The first-order valence-electron chi connectivity index (χ1n) is 16.5. The number of Topliss-reactive ketones (excluding diaryl/α,β-unsaturated/α-hetero) is 2. The monoisotopic (exact) mass is 662 g/mol. The Hall–Kier alpha value is -1.96. The van der Waals surface area contributed by atoms with E-state index in [1.807, 2.05) is 41.5 Å². The minimum Gasteiger partial charge on any atom is -0.460 e. The molecule has 0 saturated carbocycles. The zero-order valence-corrected chi connectivity index (χ0v) is 29.8. The van der Waals surface area contributed by atoms with E-state index >= 15 is 0 Å². The van der Waals surface area contributed by atoms with Crippen molar-refractivity contribution < 1.29 is 57.1 Å². The third kappa shape index (κ3) is 29.4. The van der Waals surface area contributed by atoms with Crippen molar-refractivity contribution in [2.75, 3.05) is 79.3 Å². The lowest BCUT2D eigenvalue weighted by molar-refractivity contribution is -0.162. The summed E-state index contributed by atoms with van der Waals surface area (Å²) in [6, 6.07) is 0. The second kappa shape index (κ2) is 26.0. The molecule has 0 heterocycles. The Labute approximate surface area is 276 Å². The van der Waals surface area contributed by atoms with Gasteiger partial charge in [-0.15, -0.1) is 0 Å². The van der Waals surface area contributed by atoms with Crippen LogP contribution < -0.4 is 0 Å². The van der Waals surface area contributed by atoms with E-state index in [4.69, 9.17) is 37.9 Å². The van der Waals surface area contributed by atoms with Crippen LogP contribution in [-0.4, -0.2) is 114 Å². The molecule has 2 atom stereocenters. The molecule has 0 bridgehead atoms. The standard InChI is InChI=1S/C34H62O12/c1-27(35)25-29(31(37)45-33(3,4)5)11-9-13-39-15-17-41-19-21-43-23-24-44-22-20-42-18-16-40-14-10-12-30(26-28(2)36)32(38)46-34(6,7)8/h29-30H,9-26H2,1-8H3/t29-,30-/m0/s1. The maximum Gasteiger partial charge on any atom is 0.309 e. The fourth-order valence-electron chi connectivity index (χ4n) is 4.14. The molecule has 0 aromatic carbocycles. The predicted octanol–water partition coefficient (Wildman–Crippen LogP) is 4.52. The summed E-state index contributed by atoms with van der Waals surface area (Å²) in [7, 11) is 0. The molecule has 0 N–H and O–H groups in total. The van der Waals surface area contributed by atoms with Crippen molar-refractivity contribution >= 4 is 23.5 Å². The zero-order chi connectivity index (χ0) is 34.8. The normalized spacial score (nSPS) is 13.3. The minimum absolute atomic E-state index is 0.0319. The Morgan fingerprint density at radius 1 is 0.435 bits per heavy atom. The van der Waals surface area contributed by atoms with Gasteiger partial charge in [0.25, 0.3) is 0 Å². The molecular formula is C34H62O12. The molecule has 270 valence electrons. The molecule has 0 fully saturated rings. The van der Waals surface area contributed by atoms with Crippen LogP contribution >= 0.6 is 0 Å². The third-order valence-electron chi connectivity index (χ3n) is 6.09. The van der Waals surface area contributed by atoms with Gasteiger partial charge in [-0.3, -0.25) is 9.59 Å². The van der Waals surface area contributed by atoms with E-state index in [-0.39, 0.29) is 36.3 Å². The number of hydrogen-bond acceptors (Lipinski definition) is 12. The molecule has 0 spiro atoms. The summed E-state index contributed by atoms with van der Waals surface area (Å²) in [5.41, 5.74) is -1.16. The zero-order valence-electron chi connectivity index (χ0n) is 29.8. The van der Waals surface area contributed by atoms with Gasteiger partial charge < -0.3 is 47.5 Å². The maximum atomic E-state index is 12.3. The highest BCUT2D eigenvalue weighted by molar-refractivity contribution is 5.83. The Morgan fingerprint density at radius 3 is 0.891 bits per heavy atom. The van der Waals surface area contributed by atoms with Crippen molar-refractivity contribution in [2.24, 2.45) is 11.8 Å². The van der Waals surface area contributed by atoms with Gasteiger partial charge in [-0.05, 0) is 81.1 Å². The van der Waals surface area contributed by atoms with E-state index in [0.29, 0.717) is 105 Å². The summed E-state index contributed by atoms with van der Waals surface area (Å²) in [5, 5.41) is 0. The Bertz CT molecular complexity index is 763. The van der Waals surface area contributed by atoms with Crippen molar-refractivity contribution in [1.82, 2.24) is 0 Å². The molecule has 0 rings (SSSR count). The average molecular weight is 663 g/mol. The Morgan fingerprint density at radius 2 is 0.674 bits per heavy atom. The van der Waals surface area contributed by atoms with Gasteiger partial charge in [0.15, 0.2) is 0 Å². The molecule has 46 heavy (non-hydrogen) atoms. The van der Waals surface area contributed by atoms with Crippen LogP contribution in [0.5, 0.6) is 0 Å². The molecule has 0 aliphatic heterocycles. The second-order valence-corrected chi connectivity index (χ2v) is 13.2. The molecule has 0 aliphatic carbocycles. The third-order valence-corrected chi connectivity index (χ3v) is 6.09. The van der Waals surface area contributed by atoms with Crippen molar-refractivity contribution in [3.05, 3.63) is 0 Å². The number of ether oxygens (including phenoxy) is 8. The van der Waals surface area contributed by atoms with Gasteiger partial charge in [0.1, 0.15) is 22.8 Å². The highest BCUT2D eigenvalue weighted by atomic mass is 16.6. The van der Waals surface area contributed by atoms with Crippen LogP contribution in [-0.2, 0) is 57.1 Å². The van der Waals surface area contributed by atoms with Crippen molar-refractivity contribution in [3.63, 3.8) is 0 Å². The highest BCUT2D eigenvalue weighted by Crippen LogP contribution is 2.20. The van der Waals surface area contributed by atoms with E-state index < -0.39 is 23.0 Å². The van der Waals surface area contributed by atoms with Gasteiger partial charge in [0, 0.05) is 26.1 Å². The summed E-state index contributed by atoms with van der Waals surface area (Å²) in [6.45, 7) is 19.3. The smallest absolute Gasteiger partial charge is 0.309 e. The molecule has 0 amide bonds. The molecule has 0 aromatic heterocycles. The van der Waals surface area contributed by atoms with Crippen molar-refractivity contribution in [1.29, 1.82) is 0 Å². The van der Waals surface area contributed by atoms with Crippen molar-refractivity contribution in [3.8, 4) is 0 Å². The van der Waals surface area contributed by atoms with Crippen LogP contribution in [0.25, 0.3) is 0 Å². The fourth-order valence-corrected chi connectivity index (χ4v) is 4.14. The summed E-state index contributed by atoms with van der Waals surface area (Å²) in [5.74, 6) is -1.63. The lowest BCUT2D eigenvalue weighted by atomic mass is 9.97. The largest absolute Gasteiger partial charge is 0.460 e. The quantitative estimate of drug-likeness (QED) is 0.0821. The summed E-state index contributed by atoms with van der Waals surface area (Å²) >= 11 is 0. The first-order chi connectivity index (χ1) is 21.6. The summed E-state index contributed by atoms with van der Waals surface area (Å²) in [6.07, 6.45) is 2.75. The number of carbonyl (C=O) groups excluding carboxylic acids is 4. The maximum absolute atomic E-state index is 12.3. The van der Waals surface area contributed by atoms with Gasteiger partial charge >= 0.3 is 11.9 Å². The first-order valence-corrected chi connectivity index (χ1v) is 16.5. The lowest BCUT2D eigenvalue weighted by Crippen LogP contribution is -2.30. The van der Waals surface area contributed by atoms with Crippen LogP contribution in [0.3, 0.4) is 0 Å². The highest BCUT2D eigenvalue weighted by Gasteiger charge is 2.27. The molecule has 0 unspecified atom stereocenters. The number of ketones is 2. The SMILES string of the molecule is CC(=O)C[C@H](CCCOCCOCCOCCOCCOCCOCCC[C@@H](CC(C)=O)C(=O)OC(C)(C)C)C(=O)OC(C)(C)C. The summed E-state index contributed by atoms with van der Waals surface area (Å²) < 4.78 is 43.9. The lowest BCUT2D eigenvalue weighted by Gasteiger charge is -2.23. The molecule has 0 aromatic rings. The van der Waals surface area contributed by atoms with E-state index in [1.165, 1.54) is 13.8 Å². The van der Waals surface area contributed by atoms with Crippen LogP contribution in [0.4, 0.5) is 0 Å². The number of hydrogen-bond donors (Lipinski definition) is 0. The topological polar surface area (TPSA) is 142 Å². The fraction of sp³-hybridized carbons (Fsp3) is 0.882. The summed E-state index contributed by atoms with van der Waals surface area (Å²) in [4.78, 5) is 47.7. The van der Waals surface area contributed by atoms with Gasteiger partial charge in [-0.2, -0.15) is 0 Å². The van der Waals surface area contributed by atoms with E-state index in [9.17, 15) is 19.2 Å². The molecule has 0 aliphatic rings. The van der Waals surface area contributed by atoms with Gasteiger partial charge in [0.2, 0.25) is 0 Å². The van der Waals surface area contributed by atoms with E-state index in [0.717, 1.165) is 0 Å². The van der Waals surface area contributed by atoms with E-state index in [1.54, 1.807) is 0 Å². The predicted molar refractivity (Wildman–Crippen MR) is 173 cm³/mol. The molecular weight excluding hydrogens is 600 g/mol.